The van der Waals surface area contributed by atoms with E-state index in [4.69, 9.17) is 5.73 Å². The molecule has 1 fully saturated rings. The van der Waals surface area contributed by atoms with Gasteiger partial charge in [0.05, 0.1) is 12.2 Å². The van der Waals surface area contributed by atoms with Crippen molar-refractivity contribution in [2.45, 2.75) is 22.6 Å². The van der Waals surface area contributed by atoms with E-state index in [1.54, 1.807) is 16.7 Å². The van der Waals surface area contributed by atoms with Gasteiger partial charge in [0.1, 0.15) is 5.54 Å². The molecule has 2 aromatic rings. The molecule has 0 aliphatic carbocycles. The summed E-state index contributed by atoms with van der Waals surface area (Å²) in [6.45, 7) is 2.35. The van der Waals surface area contributed by atoms with Crippen molar-refractivity contribution in [2.75, 3.05) is 11.4 Å². The fraction of sp³-hybridized carbons (Fsp3) is 0.222. The van der Waals surface area contributed by atoms with Crippen molar-refractivity contribution in [1.82, 2.24) is 4.90 Å². The van der Waals surface area contributed by atoms with Crippen LogP contribution in [-0.2, 0) is 5.54 Å². The first kappa shape index (κ1) is 15.1. The number of rotatable bonds is 1. The number of amides is 4. The lowest BCUT2D eigenvalue weighted by molar-refractivity contribution is 0.205. The van der Waals surface area contributed by atoms with E-state index in [-0.39, 0.29) is 17.8 Å². The van der Waals surface area contributed by atoms with Crippen LogP contribution in [0.4, 0.5) is 15.3 Å². The second-order valence-corrected chi connectivity index (χ2v) is 7.44. The molecule has 5 nitrogen and oxygen atoms in total. The molecule has 2 aliphatic rings. The van der Waals surface area contributed by atoms with Gasteiger partial charge in [0, 0.05) is 10.1 Å². The maximum absolute atomic E-state index is 13.0. The number of benzene rings is 2. The number of hydrogen-bond acceptors (Lipinski definition) is 3. The molecular weight excluding hydrogens is 322 g/mol. The fourth-order valence-electron chi connectivity index (χ4n) is 3.68. The minimum absolute atomic E-state index is 0.0723. The van der Waals surface area contributed by atoms with Crippen LogP contribution in [0.25, 0.3) is 0 Å². The van der Waals surface area contributed by atoms with Gasteiger partial charge in [-0.3, -0.25) is 4.90 Å². The number of urea groups is 2. The average Bonchev–Trinajstić information content (AvgIpc) is 2.92. The van der Waals surface area contributed by atoms with Crippen LogP contribution in [0.2, 0.25) is 0 Å². The lowest BCUT2D eigenvalue weighted by Crippen LogP contribution is -2.53. The highest BCUT2D eigenvalue weighted by Crippen LogP contribution is 2.54. The van der Waals surface area contributed by atoms with Gasteiger partial charge in [-0.05, 0) is 17.7 Å². The van der Waals surface area contributed by atoms with E-state index in [2.05, 4.69) is 6.92 Å². The second-order valence-electron chi connectivity index (χ2n) is 6.06. The van der Waals surface area contributed by atoms with Gasteiger partial charge in [0.15, 0.2) is 0 Å². The van der Waals surface area contributed by atoms with Crippen molar-refractivity contribution in [1.29, 1.82) is 0 Å². The Morgan fingerprint density at radius 3 is 2.54 bits per heavy atom. The molecule has 122 valence electrons. The van der Waals surface area contributed by atoms with Gasteiger partial charge in [-0.1, -0.05) is 49.4 Å². The number of fused-ring (bicyclic) bond motifs is 3. The third-order valence-electron chi connectivity index (χ3n) is 4.84. The Morgan fingerprint density at radius 2 is 1.83 bits per heavy atom. The normalized spacial score (nSPS) is 25.4. The highest BCUT2D eigenvalue weighted by atomic mass is 32.2. The molecule has 0 radical (unpaired) electrons. The molecule has 6 heteroatoms. The van der Waals surface area contributed by atoms with Gasteiger partial charge in [-0.2, -0.15) is 0 Å². The van der Waals surface area contributed by atoms with Crippen LogP contribution in [0.5, 0.6) is 0 Å². The first-order valence-electron chi connectivity index (χ1n) is 7.78. The molecular formula is C18H17N3O2S. The topological polar surface area (TPSA) is 66.6 Å². The number of para-hydroxylation sites is 1. The molecule has 0 aromatic heterocycles. The number of primary amides is 1. The lowest BCUT2D eigenvalue weighted by atomic mass is 9.85. The summed E-state index contributed by atoms with van der Waals surface area (Å²) in [5, 5.41) is 0.0723. The zero-order valence-corrected chi connectivity index (χ0v) is 14.0. The number of hydrogen-bond donors (Lipinski definition) is 1. The predicted molar refractivity (Wildman–Crippen MR) is 94.0 cm³/mol. The number of carbonyl (C=O) groups excluding carboxylic acids is 2. The summed E-state index contributed by atoms with van der Waals surface area (Å²) < 4.78 is 0. The van der Waals surface area contributed by atoms with Crippen molar-refractivity contribution in [3.63, 3.8) is 0 Å². The number of imide groups is 1. The SMILES string of the molecule is CC1Sc2ccccc2N2C(=O)N(C(N)=O)CC12c1ccccc1. The van der Waals surface area contributed by atoms with Gasteiger partial charge < -0.3 is 5.73 Å². The van der Waals surface area contributed by atoms with Crippen LogP contribution in [0.1, 0.15) is 12.5 Å². The Morgan fingerprint density at radius 1 is 1.17 bits per heavy atom. The smallest absolute Gasteiger partial charge is 0.333 e. The van der Waals surface area contributed by atoms with Gasteiger partial charge in [-0.25, -0.2) is 14.5 Å². The summed E-state index contributed by atoms with van der Waals surface area (Å²) in [5.74, 6) is 0. The minimum atomic E-state index is -0.709. The van der Waals surface area contributed by atoms with Crippen molar-refractivity contribution in [3.05, 3.63) is 60.2 Å². The van der Waals surface area contributed by atoms with E-state index in [0.717, 1.165) is 21.0 Å². The summed E-state index contributed by atoms with van der Waals surface area (Å²) >= 11 is 1.73. The summed E-state index contributed by atoms with van der Waals surface area (Å²) in [6, 6.07) is 16.6. The Balaban J connectivity index is 1.98. The van der Waals surface area contributed by atoms with Crippen LogP contribution < -0.4 is 10.6 Å². The molecule has 4 amide bonds. The van der Waals surface area contributed by atoms with Gasteiger partial charge in [-0.15, -0.1) is 11.8 Å². The van der Waals surface area contributed by atoms with E-state index in [1.165, 1.54) is 0 Å². The number of carbonyl (C=O) groups is 2. The Kier molecular flexibility index (Phi) is 3.31. The van der Waals surface area contributed by atoms with Crippen LogP contribution in [0, 0.1) is 0 Å². The zero-order chi connectivity index (χ0) is 16.9. The quantitative estimate of drug-likeness (QED) is 0.866. The molecule has 2 heterocycles. The predicted octanol–water partition coefficient (Wildman–Crippen LogP) is 3.40. The molecule has 0 spiro atoms. The minimum Gasteiger partial charge on any atom is -0.351 e. The summed E-state index contributed by atoms with van der Waals surface area (Å²) in [7, 11) is 0. The third-order valence-corrected chi connectivity index (χ3v) is 6.19. The molecule has 2 atom stereocenters. The number of thioether (sulfide) groups is 1. The number of nitrogens with two attached hydrogens (primary N) is 1. The Labute approximate surface area is 144 Å². The molecule has 1 saturated heterocycles. The van der Waals surface area contributed by atoms with Crippen molar-refractivity contribution >= 4 is 29.5 Å². The molecule has 0 bridgehead atoms. The van der Waals surface area contributed by atoms with Crippen LogP contribution in [-0.4, -0.2) is 28.8 Å². The molecule has 0 saturated carbocycles. The summed E-state index contributed by atoms with van der Waals surface area (Å²) in [5.41, 5.74) is 6.70. The maximum atomic E-state index is 13.0. The van der Waals surface area contributed by atoms with E-state index >= 15 is 0 Å². The molecule has 2 N–H and O–H groups in total. The number of nitrogens with zero attached hydrogens (tertiary/aromatic N) is 2. The Hall–Kier alpha value is -2.47. The van der Waals surface area contributed by atoms with Crippen LogP contribution in [0.3, 0.4) is 0 Å². The largest absolute Gasteiger partial charge is 0.351 e. The first-order chi connectivity index (χ1) is 11.6. The van der Waals surface area contributed by atoms with Crippen molar-refractivity contribution < 1.29 is 9.59 Å². The highest BCUT2D eigenvalue weighted by molar-refractivity contribution is 8.00. The lowest BCUT2D eigenvalue weighted by Gasteiger charge is -2.46. The molecule has 4 rings (SSSR count). The highest BCUT2D eigenvalue weighted by Gasteiger charge is 2.58. The zero-order valence-electron chi connectivity index (χ0n) is 13.2. The maximum Gasteiger partial charge on any atom is 0.333 e. The van der Waals surface area contributed by atoms with Crippen LogP contribution >= 0.6 is 11.8 Å². The number of anilines is 1. The van der Waals surface area contributed by atoms with E-state index in [0.29, 0.717) is 0 Å². The molecule has 2 unspecified atom stereocenters. The van der Waals surface area contributed by atoms with Crippen molar-refractivity contribution in [2.24, 2.45) is 5.73 Å². The van der Waals surface area contributed by atoms with Crippen molar-refractivity contribution in [3.8, 4) is 0 Å². The van der Waals surface area contributed by atoms with E-state index in [9.17, 15) is 9.59 Å². The van der Waals surface area contributed by atoms with E-state index < -0.39 is 11.6 Å². The molecule has 2 aliphatic heterocycles. The fourth-order valence-corrected chi connectivity index (χ4v) is 5.01. The molecule has 24 heavy (non-hydrogen) atoms. The summed E-state index contributed by atoms with van der Waals surface area (Å²) in [6.07, 6.45) is 0. The molecule has 2 aromatic carbocycles. The Bertz CT molecular complexity index is 826. The standard InChI is InChI=1S/C18H17N3O2S/c1-12-18(13-7-3-2-4-8-13)11-20(16(19)22)17(23)21(18)14-9-5-6-10-15(14)24-12/h2-10,12H,11H2,1H3,(H2,19,22). The van der Waals surface area contributed by atoms with Gasteiger partial charge >= 0.3 is 12.1 Å². The monoisotopic (exact) mass is 339 g/mol. The third kappa shape index (κ3) is 1.89. The van der Waals surface area contributed by atoms with E-state index in [1.807, 2.05) is 54.6 Å². The van der Waals surface area contributed by atoms with Crippen LogP contribution in [0.15, 0.2) is 59.5 Å². The van der Waals surface area contributed by atoms with Gasteiger partial charge in [0.2, 0.25) is 0 Å². The second kappa shape index (κ2) is 5.27. The summed E-state index contributed by atoms with van der Waals surface area (Å²) in [4.78, 5) is 28.8. The average molecular weight is 339 g/mol. The first-order valence-corrected chi connectivity index (χ1v) is 8.66. The van der Waals surface area contributed by atoms with Gasteiger partial charge in [0.25, 0.3) is 0 Å².